The first-order valence-electron chi connectivity index (χ1n) is 27.2. The van der Waals surface area contributed by atoms with Gasteiger partial charge in [-0.25, -0.2) is 0 Å². The molecular weight excluding hydrogens is 941 g/mol. The van der Waals surface area contributed by atoms with Crippen LogP contribution in [0.5, 0.6) is 0 Å². The molecular formula is C76H60N2. The number of fused-ring (bicyclic) bond motifs is 6. The van der Waals surface area contributed by atoms with Crippen LogP contribution < -0.4 is 9.80 Å². The van der Waals surface area contributed by atoms with Crippen LogP contribution in [0, 0.1) is 0 Å². The number of anilines is 6. The monoisotopic (exact) mass is 1000 g/mol. The lowest BCUT2D eigenvalue weighted by Gasteiger charge is -2.28. The minimum atomic E-state index is -0.184. The maximum Gasteiger partial charge on any atom is 0.0467 e. The number of hydrogen-bond acceptors (Lipinski definition) is 2. The van der Waals surface area contributed by atoms with E-state index in [1.165, 1.54) is 89.0 Å². The van der Waals surface area contributed by atoms with E-state index in [1.807, 2.05) is 0 Å². The van der Waals surface area contributed by atoms with Crippen molar-refractivity contribution in [2.45, 2.75) is 38.5 Å². The smallest absolute Gasteiger partial charge is 0.0467 e. The predicted octanol–water partition coefficient (Wildman–Crippen LogP) is 20.9. The molecule has 0 unspecified atom stereocenters. The summed E-state index contributed by atoms with van der Waals surface area (Å²) in [6.07, 6.45) is 8.97. The highest BCUT2D eigenvalue weighted by Crippen LogP contribution is 2.53. The highest BCUT2D eigenvalue weighted by molar-refractivity contribution is 5.90. The molecule has 0 radical (unpaired) electrons. The Labute approximate surface area is 460 Å². The fourth-order valence-corrected chi connectivity index (χ4v) is 12.0. The molecule has 13 rings (SSSR count). The Kier molecular flexibility index (Phi) is 12.3. The van der Waals surface area contributed by atoms with Gasteiger partial charge in [0.2, 0.25) is 0 Å². The normalized spacial score (nSPS) is 13.5. The van der Waals surface area contributed by atoms with E-state index >= 15 is 0 Å². The van der Waals surface area contributed by atoms with Crippen LogP contribution in [-0.2, 0) is 10.8 Å². The number of para-hydroxylation sites is 2. The summed E-state index contributed by atoms with van der Waals surface area (Å²) in [7, 11) is 0. The van der Waals surface area contributed by atoms with Gasteiger partial charge in [-0.15, -0.1) is 0 Å². The predicted molar refractivity (Wildman–Crippen MR) is 333 cm³/mol. The number of rotatable bonds is 12. The van der Waals surface area contributed by atoms with E-state index in [9.17, 15) is 0 Å². The molecule has 0 amide bonds. The quantitative estimate of drug-likeness (QED) is 0.113. The van der Waals surface area contributed by atoms with Gasteiger partial charge in [0.25, 0.3) is 0 Å². The van der Waals surface area contributed by atoms with Gasteiger partial charge < -0.3 is 9.80 Å². The topological polar surface area (TPSA) is 6.48 Å². The van der Waals surface area contributed by atoms with Gasteiger partial charge >= 0.3 is 0 Å². The van der Waals surface area contributed by atoms with Gasteiger partial charge in [-0.1, -0.05) is 246 Å². The molecule has 11 aromatic carbocycles. The van der Waals surface area contributed by atoms with Gasteiger partial charge in [0.05, 0.1) is 0 Å². The molecule has 0 saturated carbocycles. The lowest BCUT2D eigenvalue weighted by molar-refractivity contribution is 0.660. The zero-order valence-electron chi connectivity index (χ0n) is 44.6. The van der Waals surface area contributed by atoms with Crippen molar-refractivity contribution in [1.29, 1.82) is 0 Å². The molecule has 0 atom stereocenters. The van der Waals surface area contributed by atoms with Gasteiger partial charge in [0.1, 0.15) is 0 Å². The summed E-state index contributed by atoms with van der Waals surface area (Å²) >= 11 is 0. The molecule has 0 N–H and O–H groups in total. The van der Waals surface area contributed by atoms with E-state index in [4.69, 9.17) is 0 Å². The van der Waals surface area contributed by atoms with Crippen molar-refractivity contribution in [3.05, 3.63) is 311 Å². The first-order valence-corrected chi connectivity index (χ1v) is 27.2. The Morgan fingerprint density at radius 1 is 0.231 bits per heavy atom. The van der Waals surface area contributed by atoms with E-state index in [-0.39, 0.29) is 10.8 Å². The third-order valence-electron chi connectivity index (χ3n) is 16.2. The fourth-order valence-electron chi connectivity index (χ4n) is 12.0. The molecule has 0 heterocycles. The van der Waals surface area contributed by atoms with Crippen molar-refractivity contribution in [2.24, 2.45) is 0 Å². The second-order valence-corrected chi connectivity index (χ2v) is 21.8. The van der Waals surface area contributed by atoms with Crippen molar-refractivity contribution in [3.8, 4) is 44.5 Å². The number of benzene rings is 11. The average Bonchev–Trinajstić information content (AvgIpc) is 4.12. The van der Waals surface area contributed by atoms with Crippen molar-refractivity contribution < 1.29 is 0 Å². The second kappa shape index (κ2) is 19.9. The Bertz CT molecular complexity index is 3790. The van der Waals surface area contributed by atoms with Gasteiger partial charge in [0, 0.05) is 45.0 Å². The molecule has 0 bridgehead atoms. The van der Waals surface area contributed by atoms with Crippen LogP contribution in [0.2, 0.25) is 0 Å². The van der Waals surface area contributed by atoms with E-state index in [1.54, 1.807) is 0 Å². The minimum absolute atomic E-state index is 0.184. The molecule has 2 heteroatoms. The highest BCUT2D eigenvalue weighted by Gasteiger charge is 2.38. The molecule has 374 valence electrons. The molecule has 2 aliphatic rings. The van der Waals surface area contributed by atoms with Crippen LogP contribution in [0.25, 0.3) is 68.8 Å². The summed E-state index contributed by atoms with van der Waals surface area (Å²) in [5.41, 5.74) is 26.6. The fraction of sp³-hybridized carbons (Fsp3) is 0.0789. The summed E-state index contributed by atoms with van der Waals surface area (Å²) < 4.78 is 0. The van der Waals surface area contributed by atoms with Gasteiger partial charge in [-0.3, -0.25) is 0 Å². The Morgan fingerprint density at radius 2 is 0.513 bits per heavy atom. The molecule has 2 aliphatic carbocycles. The maximum absolute atomic E-state index is 2.41. The van der Waals surface area contributed by atoms with Gasteiger partial charge in [-0.2, -0.15) is 0 Å². The van der Waals surface area contributed by atoms with Gasteiger partial charge in [0.15, 0.2) is 0 Å². The standard InChI is InChI=1S/C76H60N2/c1-75(2)71-47-55(39-43-67(71)69-45-41-65(51-73(69)75)77(61-25-13-7-14-26-61)63-29-17-23-59(49-63)57-19-9-5-10-20-57)37-35-53-31-33-54(34-32-53)36-38-56-40-44-68-70-46-42-66(52-74(70)76(3,4)72(68)48-56)78(62-27-15-8-16-28-62)64-30-18-24-60(50-64)58-21-11-6-12-22-58/h5-52H,1-4H3/b37-35+,38-36+. The van der Waals surface area contributed by atoms with E-state index < -0.39 is 0 Å². The average molecular weight is 1000 g/mol. The summed E-state index contributed by atoms with van der Waals surface area (Å²) in [5.74, 6) is 0. The zero-order chi connectivity index (χ0) is 52.8. The SMILES string of the molecule is CC1(C)c2cc(/C=C/c3ccc(/C=C/c4ccc5c(c4)C(C)(C)c4cc(N(c6ccccc6)c6cccc(-c7ccccc7)c6)ccc4-5)cc3)ccc2-c2ccc(N(c3ccccc3)c3cccc(-c4ccccc4)c3)cc21. The Hall–Kier alpha value is -9.50. The largest absolute Gasteiger partial charge is 0.310 e. The third kappa shape index (κ3) is 8.95. The molecule has 2 nitrogen and oxygen atoms in total. The number of nitrogens with zero attached hydrogens (tertiary/aromatic N) is 2. The highest BCUT2D eigenvalue weighted by atomic mass is 15.1. The van der Waals surface area contributed by atoms with E-state index in [0.717, 1.165) is 34.1 Å². The lowest BCUT2D eigenvalue weighted by atomic mass is 9.81. The van der Waals surface area contributed by atoms with Crippen LogP contribution >= 0.6 is 0 Å². The van der Waals surface area contributed by atoms with E-state index in [0.29, 0.717) is 0 Å². The molecule has 0 aromatic heterocycles. The summed E-state index contributed by atoms with van der Waals surface area (Å²) in [5, 5.41) is 0. The molecule has 78 heavy (non-hydrogen) atoms. The van der Waals surface area contributed by atoms with Crippen molar-refractivity contribution in [2.75, 3.05) is 9.80 Å². The lowest BCUT2D eigenvalue weighted by Crippen LogP contribution is -2.16. The van der Waals surface area contributed by atoms with Crippen molar-refractivity contribution in [3.63, 3.8) is 0 Å². The maximum atomic E-state index is 2.41. The Morgan fingerprint density at radius 3 is 0.897 bits per heavy atom. The minimum Gasteiger partial charge on any atom is -0.310 e. The van der Waals surface area contributed by atoms with Crippen LogP contribution in [0.15, 0.2) is 267 Å². The third-order valence-corrected chi connectivity index (χ3v) is 16.2. The first kappa shape index (κ1) is 48.2. The first-order chi connectivity index (χ1) is 38.2. The summed E-state index contributed by atoms with van der Waals surface area (Å²) in [6.45, 7) is 9.48. The van der Waals surface area contributed by atoms with Crippen molar-refractivity contribution >= 4 is 58.4 Å². The van der Waals surface area contributed by atoms with Gasteiger partial charge in [-0.05, 0) is 162 Å². The molecule has 0 saturated heterocycles. The van der Waals surface area contributed by atoms with Crippen LogP contribution in [0.3, 0.4) is 0 Å². The second-order valence-electron chi connectivity index (χ2n) is 21.8. The van der Waals surface area contributed by atoms with Crippen LogP contribution in [0.4, 0.5) is 34.1 Å². The summed E-state index contributed by atoms with van der Waals surface area (Å²) in [6, 6.07) is 97.3. The van der Waals surface area contributed by atoms with Crippen LogP contribution in [-0.4, -0.2) is 0 Å². The summed E-state index contributed by atoms with van der Waals surface area (Å²) in [4.78, 5) is 4.77. The van der Waals surface area contributed by atoms with Crippen LogP contribution in [0.1, 0.15) is 72.2 Å². The molecule has 0 aliphatic heterocycles. The molecule has 0 spiro atoms. The number of hydrogen-bond donors (Lipinski definition) is 0. The Balaban J connectivity index is 0.715. The zero-order valence-corrected chi connectivity index (χ0v) is 44.6. The van der Waals surface area contributed by atoms with E-state index in [2.05, 4.69) is 329 Å². The molecule has 11 aromatic rings. The molecule has 0 fully saturated rings. The van der Waals surface area contributed by atoms with Crippen molar-refractivity contribution in [1.82, 2.24) is 0 Å².